The van der Waals surface area contributed by atoms with E-state index >= 15 is 0 Å². The molecule has 0 spiro atoms. The second-order valence-electron chi connectivity index (χ2n) is 4.56. The molecule has 0 amide bonds. The molecule has 8 heteroatoms. The van der Waals surface area contributed by atoms with Crippen LogP contribution in [0.25, 0.3) is 0 Å². The highest BCUT2D eigenvalue weighted by Gasteiger charge is 2.25. The van der Waals surface area contributed by atoms with E-state index in [1.165, 1.54) is 6.07 Å². The van der Waals surface area contributed by atoms with Crippen LogP contribution in [0.1, 0.15) is 20.3 Å². The second kappa shape index (κ2) is 5.98. The molecule has 0 aliphatic heterocycles. The van der Waals surface area contributed by atoms with Crippen LogP contribution >= 0.6 is 0 Å². The lowest BCUT2D eigenvalue weighted by Gasteiger charge is -2.09. The van der Waals surface area contributed by atoms with E-state index in [0.717, 1.165) is 12.1 Å². The number of nitrogens with zero attached hydrogens (tertiary/aromatic N) is 1. The molecule has 1 rings (SSSR count). The molecule has 19 heavy (non-hydrogen) atoms. The van der Waals surface area contributed by atoms with Gasteiger partial charge in [-0.2, -0.15) is 0 Å². The first kappa shape index (κ1) is 15.4. The van der Waals surface area contributed by atoms with Crippen molar-refractivity contribution >= 4 is 21.4 Å². The lowest BCUT2D eigenvalue weighted by molar-refractivity contribution is -0.387. The Balaban J connectivity index is 3.06. The summed E-state index contributed by atoms with van der Waals surface area (Å²) in [6.07, 6.45) is 0.648. The smallest absolute Gasteiger partial charge is 0.289 e. The van der Waals surface area contributed by atoms with E-state index < -0.39 is 25.5 Å². The molecular weight excluding hydrogens is 270 g/mol. The maximum atomic E-state index is 12.0. The van der Waals surface area contributed by atoms with Gasteiger partial charge in [0, 0.05) is 18.3 Å². The number of anilines is 1. The Kier molecular flexibility index (Phi) is 4.84. The highest BCUT2D eigenvalue weighted by molar-refractivity contribution is 7.89. The van der Waals surface area contributed by atoms with E-state index in [2.05, 4.69) is 4.72 Å². The van der Waals surface area contributed by atoms with Gasteiger partial charge in [-0.1, -0.05) is 13.8 Å². The Labute approximate surface area is 112 Å². The zero-order valence-electron chi connectivity index (χ0n) is 10.8. The number of hydrogen-bond acceptors (Lipinski definition) is 5. The minimum Gasteiger partial charge on any atom is -0.399 e. The number of nitrogen functional groups attached to an aromatic ring is 1. The SMILES string of the molecule is CC(C)CCNS(=O)(=O)c1cc(N)ccc1[N+](=O)[O-]. The van der Waals surface area contributed by atoms with Gasteiger partial charge < -0.3 is 5.73 Å². The van der Waals surface area contributed by atoms with Gasteiger partial charge in [-0.3, -0.25) is 10.1 Å². The van der Waals surface area contributed by atoms with Crippen molar-refractivity contribution < 1.29 is 13.3 Å². The van der Waals surface area contributed by atoms with Crippen LogP contribution in [0.2, 0.25) is 0 Å². The highest BCUT2D eigenvalue weighted by atomic mass is 32.2. The Hall–Kier alpha value is -1.67. The number of nitro benzene ring substituents is 1. The Bertz CT molecular complexity index is 569. The van der Waals surface area contributed by atoms with Crippen LogP contribution in [0, 0.1) is 16.0 Å². The summed E-state index contributed by atoms with van der Waals surface area (Å²) >= 11 is 0. The first-order chi connectivity index (χ1) is 8.74. The van der Waals surface area contributed by atoms with Crippen LogP contribution in [0.3, 0.4) is 0 Å². The fraction of sp³-hybridized carbons (Fsp3) is 0.455. The second-order valence-corrected chi connectivity index (χ2v) is 6.30. The number of hydrogen-bond donors (Lipinski definition) is 2. The van der Waals surface area contributed by atoms with Gasteiger partial charge in [0.2, 0.25) is 10.0 Å². The normalized spacial score (nSPS) is 11.7. The maximum absolute atomic E-state index is 12.0. The number of benzene rings is 1. The van der Waals surface area contributed by atoms with E-state index in [9.17, 15) is 18.5 Å². The summed E-state index contributed by atoms with van der Waals surface area (Å²) < 4.78 is 26.4. The average molecular weight is 287 g/mol. The zero-order chi connectivity index (χ0) is 14.6. The molecule has 0 bridgehead atoms. The predicted octanol–water partition coefficient (Wildman–Crippen LogP) is 1.50. The molecule has 0 unspecified atom stereocenters. The van der Waals surface area contributed by atoms with Crippen molar-refractivity contribution in [2.75, 3.05) is 12.3 Å². The number of sulfonamides is 1. The summed E-state index contributed by atoms with van der Waals surface area (Å²) in [4.78, 5) is 9.69. The van der Waals surface area contributed by atoms with Gasteiger partial charge in [-0.25, -0.2) is 13.1 Å². The fourth-order valence-corrected chi connectivity index (χ4v) is 2.71. The lowest BCUT2D eigenvalue weighted by Crippen LogP contribution is -2.26. The molecule has 0 saturated heterocycles. The van der Waals surface area contributed by atoms with Crippen molar-refractivity contribution in [1.82, 2.24) is 4.72 Å². The van der Waals surface area contributed by atoms with E-state index in [-0.39, 0.29) is 12.2 Å². The number of nitrogens with two attached hydrogens (primary N) is 1. The van der Waals surface area contributed by atoms with Gasteiger partial charge in [0.05, 0.1) is 4.92 Å². The molecule has 0 saturated carbocycles. The molecule has 0 heterocycles. The van der Waals surface area contributed by atoms with Gasteiger partial charge in [-0.05, 0) is 24.5 Å². The summed E-state index contributed by atoms with van der Waals surface area (Å²) in [6.45, 7) is 4.14. The summed E-state index contributed by atoms with van der Waals surface area (Å²) in [6, 6.07) is 3.48. The van der Waals surface area contributed by atoms with Crippen LogP contribution in [0.4, 0.5) is 11.4 Å². The van der Waals surface area contributed by atoms with Crippen molar-refractivity contribution in [2.24, 2.45) is 5.92 Å². The van der Waals surface area contributed by atoms with Crippen LogP contribution in [-0.4, -0.2) is 19.9 Å². The van der Waals surface area contributed by atoms with Gasteiger partial charge in [0.1, 0.15) is 0 Å². The third-order valence-corrected chi connectivity index (χ3v) is 3.97. The number of nitro groups is 1. The largest absolute Gasteiger partial charge is 0.399 e. The molecule has 0 aliphatic rings. The molecule has 1 aromatic rings. The third kappa shape index (κ3) is 4.18. The van der Waals surface area contributed by atoms with Crippen molar-refractivity contribution in [3.05, 3.63) is 28.3 Å². The van der Waals surface area contributed by atoms with Crippen LogP contribution < -0.4 is 10.5 Å². The maximum Gasteiger partial charge on any atom is 0.289 e. The van der Waals surface area contributed by atoms with Gasteiger partial charge in [0.15, 0.2) is 4.90 Å². The van der Waals surface area contributed by atoms with Gasteiger partial charge in [0.25, 0.3) is 5.69 Å². The van der Waals surface area contributed by atoms with Crippen molar-refractivity contribution in [3.8, 4) is 0 Å². The monoisotopic (exact) mass is 287 g/mol. The first-order valence-corrected chi connectivity index (χ1v) is 7.26. The quantitative estimate of drug-likeness (QED) is 0.467. The first-order valence-electron chi connectivity index (χ1n) is 5.77. The van der Waals surface area contributed by atoms with E-state index in [1.54, 1.807) is 0 Å². The summed E-state index contributed by atoms with van der Waals surface area (Å²) in [5, 5.41) is 10.8. The molecule has 3 N–H and O–H groups in total. The molecule has 1 aromatic carbocycles. The molecule has 106 valence electrons. The summed E-state index contributed by atoms with van der Waals surface area (Å²) in [5.74, 6) is 0.332. The van der Waals surface area contributed by atoms with Crippen LogP contribution in [0.15, 0.2) is 23.1 Å². The van der Waals surface area contributed by atoms with Gasteiger partial charge >= 0.3 is 0 Å². The minimum absolute atomic E-state index is 0.162. The lowest BCUT2D eigenvalue weighted by atomic mass is 10.1. The minimum atomic E-state index is -3.93. The molecule has 0 aromatic heterocycles. The topological polar surface area (TPSA) is 115 Å². The third-order valence-electron chi connectivity index (χ3n) is 2.48. The molecule has 0 atom stereocenters. The Morgan fingerprint density at radius 3 is 2.58 bits per heavy atom. The number of nitrogens with one attached hydrogen (secondary N) is 1. The van der Waals surface area contributed by atoms with Gasteiger partial charge in [-0.15, -0.1) is 0 Å². The standard InChI is InChI=1S/C11H17N3O4S/c1-8(2)5-6-13-19(17,18)11-7-9(12)3-4-10(11)14(15)16/h3-4,7-8,13H,5-6,12H2,1-2H3. The highest BCUT2D eigenvalue weighted by Crippen LogP contribution is 2.25. The number of rotatable bonds is 6. The van der Waals surface area contributed by atoms with Crippen LogP contribution in [-0.2, 0) is 10.0 Å². The average Bonchev–Trinajstić information content (AvgIpc) is 2.27. The van der Waals surface area contributed by atoms with Crippen LogP contribution in [0.5, 0.6) is 0 Å². The summed E-state index contributed by atoms with van der Waals surface area (Å²) in [7, 11) is -3.93. The van der Waals surface area contributed by atoms with E-state index in [1.807, 2.05) is 13.8 Å². The summed E-state index contributed by atoms with van der Waals surface area (Å²) in [5.41, 5.74) is 5.17. The van der Waals surface area contributed by atoms with Crippen molar-refractivity contribution in [2.45, 2.75) is 25.2 Å². The zero-order valence-corrected chi connectivity index (χ0v) is 11.6. The Morgan fingerprint density at radius 1 is 1.42 bits per heavy atom. The fourth-order valence-electron chi connectivity index (χ4n) is 1.46. The Morgan fingerprint density at radius 2 is 2.05 bits per heavy atom. The molecule has 7 nitrogen and oxygen atoms in total. The molecule has 0 aliphatic carbocycles. The molecule has 0 fully saturated rings. The molecule has 0 radical (unpaired) electrons. The predicted molar refractivity (Wildman–Crippen MR) is 72.2 cm³/mol. The van der Waals surface area contributed by atoms with Crippen molar-refractivity contribution in [1.29, 1.82) is 0 Å². The van der Waals surface area contributed by atoms with Crippen molar-refractivity contribution in [3.63, 3.8) is 0 Å². The van der Waals surface area contributed by atoms with E-state index in [4.69, 9.17) is 5.73 Å². The van der Waals surface area contributed by atoms with E-state index in [0.29, 0.717) is 12.3 Å². The molecular formula is C11H17N3O4S.